The van der Waals surface area contributed by atoms with Gasteiger partial charge in [0.25, 0.3) is 0 Å². The molecular formula is C20H25ClN2O4S2. The Labute approximate surface area is 178 Å². The lowest BCUT2D eigenvalue weighted by atomic mass is 10.1. The molecule has 0 atom stereocenters. The van der Waals surface area contributed by atoms with Crippen LogP contribution in [-0.4, -0.2) is 51.6 Å². The maximum atomic E-state index is 12.9. The lowest BCUT2D eigenvalue weighted by Crippen LogP contribution is -2.50. The van der Waals surface area contributed by atoms with Crippen LogP contribution in [0.25, 0.3) is 0 Å². The zero-order chi connectivity index (χ0) is 21.1. The van der Waals surface area contributed by atoms with Crippen LogP contribution < -0.4 is 0 Å². The molecule has 1 aliphatic rings. The topological polar surface area (TPSA) is 74.8 Å². The summed E-state index contributed by atoms with van der Waals surface area (Å²) >= 11 is 5.83. The van der Waals surface area contributed by atoms with E-state index >= 15 is 0 Å². The third-order valence-electron chi connectivity index (χ3n) is 5.03. The van der Waals surface area contributed by atoms with Gasteiger partial charge in [-0.05, 0) is 54.8 Å². The highest BCUT2D eigenvalue weighted by molar-refractivity contribution is 7.89. The Bertz CT molecular complexity index is 1030. The number of aryl methyl sites for hydroxylation is 1. The van der Waals surface area contributed by atoms with Crippen LogP contribution in [0.15, 0.2) is 58.3 Å². The van der Waals surface area contributed by atoms with E-state index in [9.17, 15) is 16.8 Å². The van der Waals surface area contributed by atoms with Crippen molar-refractivity contribution in [1.29, 1.82) is 0 Å². The summed E-state index contributed by atoms with van der Waals surface area (Å²) in [5.74, 6) is 0. The van der Waals surface area contributed by atoms with E-state index in [0.717, 1.165) is 24.8 Å². The number of hydrogen-bond acceptors (Lipinski definition) is 4. The molecule has 3 rings (SSSR count). The van der Waals surface area contributed by atoms with Crippen molar-refractivity contribution in [3.63, 3.8) is 0 Å². The van der Waals surface area contributed by atoms with Crippen LogP contribution in [-0.2, 0) is 26.5 Å². The van der Waals surface area contributed by atoms with Crippen molar-refractivity contribution in [3.8, 4) is 0 Å². The van der Waals surface area contributed by atoms with Gasteiger partial charge >= 0.3 is 0 Å². The minimum atomic E-state index is -3.67. The summed E-state index contributed by atoms with van der Waals surface area (Å²) in [6.45, 7) is 2.57. The highest BCUT2D eigenvalue weighted by atomic mass is 35.5. The van der Waals surface area contributed by atoms with Crippen LogP contribution in [0.5, 0.6) is 0 Å². The van der Waals surface area contributed by atoms with Crippen molar-refractivity contribution in [1.82, 2.24) is 8.61 Å². The molecule has 0 radical (unpaired) electrons. The normalized spacial score (nSPS) is 16.8. The predicted molar refractivity (Wildman–Crippen MR) is 114 cm³/mol. The van der Waals surface area contributed by atoms with Gasteiger partial charge in [0, 0.05) is 31.2 Å². The second kappa shape index (κ2) is 9.14. The summed E-state index contributed by atoms with van der Waals surface area (Å²) in [5.41, 5.74) is 1.12. The van der Waals surface area contributed by atoms with Gasteiger partial charge in [0.2, 0.25) is 20.0 Å². The fourth-order valence-corrected chi connectivity index (χ4v) is 6.23. The van der Waals surface area contributed by atoms with Crippen molar-refractivity contribution in [2.45, 2.75) is 36.0 Å². The molecule has 0 unspecified atom stereocenters. The second-order valence-corrected chi connectivity index (χ2v) is 11.3. The molecule has 0 aliphatic carbocycles. The summed E-state index contributed by atoms with van der Waals surface area (Å²) in [7, 11) is -7.32. The Hall–Kier alpha value is -1.45. The number of benzene rings is 2. The molecule has 6 nitrogen and oxygen atoms in total. The SMILES string of the molecule is CCCCc1ccc(S(=O)(=O)N2CCN(S(=O)(=O)c3ccc(Cl)cc3)CC2)cc1. The first-order valence-corrected chi connectivity index (χ1v) is 12.9. The van der Waals surface area contributed by atoms with Gasteiger partial charge in [-0.2, -0.15) is 8.61 Å². The Morgan fingerprint density at radius 3 is 1.59 bits per heavy atom. The van der Waals surface area contributed by atoms with Crippen molar-refractivity contribution in [3.05, 3.63) is 59.1 Å². The van der Waals surface area contributed by atoms with E-state index in [4.69, 9.17) is 11.6 Å². The Morgan fingerprint density at radius 2 is 1.17 bits per heavy atom. The monoisotopic (exact) mass is 456 g/mol. The van der Waals surface area contributed by atoms with Crippen LogP contribution in [0.2, 0.25) is 5.02 Å². The van der Waals surface area contributed by atoms with Gasteiger partial charge in [0.15, 0.2) is 0 Å². The zero-order valence-electron chi connectivity index (χ0n) is 16.3. The highest BCUT2D eigenvalue weighted by Gasteiger charge is 2.33. The quantitative estimate of drug-likeness (QED) is 0.640. The van der Waals surface area contributed by atoms with Crippen LogP contribution >= 0.6 is 11.6 Å². The van der Waals surface area contributed by atoms with Crippen molar-refractivity contribution in [2.75, 3.05) is 26.2 Å². The highest BCUT2D eigenvalue weighted by Crippen LogP contribution is 2.23. The molecule has 9 heteroatoms. The van der Waals surface area contributed by atoms with Gasteiger partial charge < -0.3 is 0 Å². The first-order valence-electron chi connectivity index (χ1n) is 9.60. The van der Waals surface area contributed by atoms with E-state index in [1.165, 1.54) is 32.9 Å². The molecule has 0 spiro atoms. The van der Waals surface area contributed by atoms with E-state index < -0.39 is 20.0 Å². The van der Waals surface area contributed by atoms with E-state index in [1.807, 2.05) is 12.1 Å². The van der Waals surface area contributed by atoms with Gasteiger partial charge in [-0.3, -0.25) is 0 Å². The molecule has 0 aromatic heterocycles. The number of hydrogen-bond donors (Lipinski definition) is 0. The zero-order valence-corrected chi connectivity index (χ0v) is 18.7. The summed E-state index contributed by atoms with van der Waals surface area (Å²) < 4.78 is 54.0. The minimum Gasteiger partial charge on any atom is -0.207 e. The largest absolute Gasteiger partial charge is 0.243 e. The fraction of sp³-hybridized carbons (Fsp3) is 0.400. The average Bonchev–Trinajstić information content (AvgIpc) is 2.73. The Morgan fingerprint density at radius 1 is 0.759 bits per heavy atom. The van der Waals surface area contributed by atoms with E-state index in [-0.39, 0.29) is 36.0 Å². The first kappa shape index (κ1) is 22.2. The number of unbranched alkanes of at least 4 members (excludes halogenated alkanes) is 1. The second-order valence-electron chi connectivity index (χ2n) is 7.01. The first-order chi connectivity index (χ1) is 13.7. The van der Waals surface area contributed by atoms with E-state index in [0.29, 0.717) is 5.02 Å². The van der Waals surface area contributed by atoms with Gasteiger partial charge in [-0.25, -0.2) is 16.8 Å². The van der Waals surface area contributed by atoms with Crippen molar-refractivity contribution >= 4 is 31.6 Å². The van der Waals surface area contributed by atoms with Crippen LogP contribution in [0.4, 0.5) is 0 Å². The maximum Gasteiger partial charge on any atom is 0.243 e. The van der Waals surface area contributed by atoms with E-state index in [2.05, 4.69) is 6.92 Å². The molecule has 29 heavy (non-hydrogen) atoms. The molecule has 0 saturated carbocycles. The van der Waals surface area contributed by atoms with Crippen molar-refractivity contribution in [2.24, 2.45) is 0 Å². The fourth-order valence-electron chi connectivity index (χ4n) is 3.26. The summed E-state index contributed by atoms with van der Waals surface area (Å²) in [5, 5.41) is 0.459. The lowest BCUT2D eigenvalue weighted by molar-refractivity contribution is 0.273. The number of piperazine rings is 1. The summed E-state index contributed by atoms with van der Waals surface area (Å²) in [6.07, 6.45) is 3.08. The standard InChI is InChI=1S/C20H25ClN2O4S2/c1-2-3-4-17-5-9-19(10-6-17)28(24,25)22-13-15-23(16-14-22)29(26,27)20-11-7-18(21)8-12-20/h5-12H,2-4,13-16H2,1H3. The van der Waals surface area contributed by atoms with Gasteiger partial charge in [-0.1, -0.05) is 37.1 Å². The molecule has 0 bridgehead atoms. The number of sulfonamides is 2. The van der Waals surface area contributed by atoms with Crippen molar-refractivity contribution < 1.29 is 16.8 Å². The molecule has 0 amide bonds. The van der Waals surface area contributed by atoms with E-state index in [1.54, 1.807) is 12.1 Å². The van der Waals surface area contributed by atoms with Crippen LogP contribution in [0.3, 0.4) is 0 Å². The molecule has 158 valence electrons. The van der Waals surface area contributed by atoms with Gasteiger partial charge in [-0.15, -0.1) is 0 Å². The molecular weight excluding hydrogens is 432 g/mol. The van der Waals surface area contributed by atoms with Crippen LogP contribution in [0, 0.1) is 0 Å². The smallest absolute Gasteiger partial charge is 0.207 e. The minimum absolute atomic E-state index is 0.110. The molecule has 2 aromatic carbocycles. The average molecular weight is 457 g/mol. The third kappa shape index (κ3) is 5.00. The molecule has 1 saturated heterocycles. The number of halogens is 1. The molecule has 0 N–H and O–H groups in total. The Kier molecular flexibility index (Phi) is 7.01. The molecule has 1 aliphatic heterocycles. The molecule has 2 aromatic rings. The maximum absolute atomic E-state index is 12.9. The number of rotatable bonds is 7. The summed E-state index contributed by atoms with van der Waals surface area (Å²) in [4.78, 5) is 0.396. The molecule has 1 fully saturated rings. The van der Waals surface area contributed by atoms with Gasteiger partial charge in [0.1, 0.15) is 0 Å². The predicted octanol–water partition coefficient (Wildman–Crippen LogP) is 3.38. The third-order valence-corrected chi connectivity index (χ3v) is 9.11. The van der Waals surface area contributed by atoms with Crippen LogP contribution in [0.1, 0.15) is 25.3 Å². The lowest BCUT2D eigenvalue weighted by Gasteiger charge is -2.33. The number of nitrogens with zero attached hydrogens (tertiary/aromatic N) is 2. The summed E-state index contributed by atoms with van der Waals surface area (Å²) in [6, 6.07) is 12.9. The Balaban J connectivity index is 1.68. The van der Waals surface area contributed by atoms with Gasteiger partial charge in [0.05, 0.1) is 9.79 Å². The molecule has 1 heterocycles.